The number of ether oxygens (including phenoxy) is 2. The van der Waals surface area contributed by atoms with Crippen LogP contribution in [-0.2, 0) is 23.9 Å². The quantitative estimate of drug-likeness (QED) is 0.786. The molecule has 1 aromatic rings. The first-order chi connectivity index (χ1) is 11.4. The lowest BCUT2D eigenvalue weighted by atomic mass is 10.2. The number of thioether (sulfide) groups is 1. The molecule has 2 atom stereocenters. The number of nitrogens with one attached hydrogen (secondary N) is 2. The molecule has 0 aliphatic carbocycles. The Bertz CT molecular complexity index is 678. The van der Waals surface area contributed by atoms with E-state index in [1.165, 1.54) is 18.7 Å². The molecular weight excluding hydrogens is 336 g/mol. The summed E-state index contributed by atoms with van der Waals surface area (Å²) in [5.74, 6) is -1.82. The van der Waals surface area contributed by atoms with E-state index >= 15 is 0 Å². The third kappa shape index (κ3) is 4.48. The molecule has 0 saturated carbocycles. The molecule has 2 rings (SSSR count). The smallest absolute Gasteiger partial charge is 0.413 e. The third-order valence-electron chi connectivity index (χ3n) is 3.15. The number of hydrogen-bond acceptors (Lipinski definition) is 7. The Morgan fingerprint density at radius 2 is 2.04 bits per heavy atom. The van der Waals surface area contributed by atoms with Crippen molar-refractivity contribution < 1.29 is 28.7 Å². The Labute approximate surface area is 142 Å². The first-order valence-corrected chi connectivity index (χ1v) is 7.93. The van der Waals surface area contributed by atoms with Gasteiger partial charge in [0.1, 0.15) is 0 Å². The van der Waals surface area contributed by atoms with Gasteiger partial charge in [-0.15, -0.1) is 11.8 Å². The summed E-state index contributed by atoms with van der Waals surface area (Å²) in [6.07, 6.45) is -2.32. The predicted molar refractivity (Wildman–Crippen MR) is 85.4 cm³/mol. The van der Waals surface area contributed by atoms with Crippen molar-refractivity contribution in [2.45, 2.75) is 29.6 Å². The number of esters is 1. The first-order valence-electron chi connectivity index (χ1n) is 7.05. The van der Waals surface area contributed by atoms with Gasteiger partial charge >= 0.3 is 12.1 Å². The molecule has 128 valence electrons. The average Bonchev–Trinajstić information content (AvgIpc) is 2.55. The zero-order valence-corrected chi connectivity index (χ0v) is 13.8. The number of methoxy groups -OCH3 is 1. The molecule has 0 saturated heterocycles. The number of benzene rings is 1. The second-order valence-electron chi connectivity index (χ2n) is 4.91. The standard InChI is InChI=1S/C15H16N2O6S/c1-8(13(19)17-15(21)22-2)23-12(18)7-11-14(20)16-9-5-3-4-6-10(9)24-11/h3-6,8,11H,7H2,1-2H3,(H,16,20)(H,17,19,21)/t8-,11-/m1/s1. The van der Waals surface area contributed by atoms with Crippen LogP contribution in [0, 0.1) is 0 Å². The maximum absolute atomic E-state index is 12.0. The number of para-hydroxylation sites is 1. The molecule has 1 aliphatic heterocycles. The maximum Gasteiger partial charge on any atom is 0.413 e. The molecule has 0 fully saturated rings. The molecule has 0 aromatic heterocycles. The molecule has 0 radical (unpaired) electrons. The lowest BCUT2D eigenvalue weighted by Crippen LogP contribution is -2.40. The fraction of sp³-hybridized carbons (Fsp3) is 0.333. The molecule has 9 heteroatoms. The summed E-state index contributed by atoms with van der Waals surface area (Å²) in [5.41, 5.74) is 0.697. The summed E-state index contributed by atoms with van der Waals surface area (Å²) >= 11 is 1.26. The van der Waals surface area contributed by atoms with Crippen LogP contribution < -0.4 is 10.6 Å². The number of fused-ring (bicyclic) bond motifs is 1. The van der Waals surface area contributed by atoms with Crippen LogP contribution in [0.1, 0.15) is 13.3 Å². The van der Waals surface area contributed by atoms with Crippen molar-refractivity contribution >= 4 is 41.3 Å². The Morgan fingerprint density at radius 1 is 1.33 bits per heavy atom. The fourth-order valence-electron chi connectivity index (χ4n) is 1.93. The van der Waals surface area contributed by atoms with Crippen molar-refractivity contribution in [3.63, 3.8) is 0 Å². The summed E-state index contributed by atoms with van der Waals surface area (Å²) in [7, 11) is 1.11. The van der Waals surface area contributed by atoms with Crippen LogP contribution >= 0.6 is 11.8 Å². The number of imide groups is 1. The van der Waals surface area contributed by atoms with Crippen molar-refractivity contribution in [1.29, 1.82) is 0 Å². The topological polar surface area (TPSA) is 111 Å². The molecular formula is C15H16N2O6S. The summed E-state index contributed by atoms with van der Waals surface area (Å²) < 4.78 is 9.22. The Balaban J connectivity index is 1.89. The van der Waals surface area contributed by atoms with E-state index in [1.807, 2.05) is 17.4 Å². The number of hydrogen-bond donors (Lipinski definition) is 2. The highest BCUT2D eigenvalue weighted by molar-refractivity contribution is 8.01. The number of rotatable bonds is 4. The second-order valence-corrected chi connectivity index (χ2v) is 6.15. The lowest BCUT2D eigenvalue weighted by molar-refractivity contribution is -0.154. The Kier molecular flexibility index (Phi) is 5.80. The van der Waals surface area contributed by atoms with Crippen molar-refractivity contribution in [1.82, 2.24) is 5.32 Å². The minimum atomic E-state index is -1.18. The monoisotopic (exact) mass is 352 g/mol. The zero-order chi connectivity index (χ0) is 17.7. The van der Waals surface area contributed by atoms with Gasteiger partial charge in [0, 0.05) is 4.90 Å². The van der Waals surface area contributed by atoms with Crippen LogP contribution in [0.15, 0.2) is 29.2 Å². The Hall–Kier alpha value is -2.55. The van der Waals surface area contributed by atoms with E-state index in [0.29, 0.717) is 5.69 Å². The van der Waals surface area contributed by atoms with E-state index in [0.717, 1.165) is 12.0 Å². The van der Waals surface area contributed by atoms with Crippen molar-refractivity contribution in [3.05, 3.63) is 24.3 Å². The van der Waals surface area contributed by atoms with E-state index in [1.54, 1.807) is 12.1 Å². The average molecular weight is 352 g/mol. The van der Waals surface area contributed by atoms with Crippen molar-refractivity contribution in [2.24, 2.45) is 0 Å². The predicted octanol–water partition coefficient (Wildman–Crippen LogP) is 1.30. The number of carbonyl (C=O) groups excluding carboxylic acids is 4. The highest BCUT2D eigenvalue weighted by Crippen LogP contribution is 2.36. The first kappa shape index (κ1) is 17.8. The number of carbonyl (C=O) groups is 4. The summed E-state index contributed by atoms with van der Waals surface area (Å²) in [5, 5.41) is 3.97. The SMILES string of the molecule is COC(=O)NC(=O)[C@@H](C)OC(=O)C[C@H]1Sc2ccccc2NC1=O. The largest absolute Gasteiger partial charge is 0.453 e. The second kappa shape index (κ2) is 7.82. The number of anilines is 1. The van der Waals surface area contributed by atoms with Crippen LogP contribution in [0.3, 0.4) is 0 Å². The van der Waals surface area contributed by atoms with Gasteiger partial charge in [0.25, 0.3) is 5.91 Å². The Morgan fingerprint density at radius 3 is 2.75 bits per heavy atom. The molecule has 2 N–H and O–H groups in total. The molecule has 0 unspecified atom stereocenters. The molecule has 1 heterocycles. The van der Waals surface area contributed by atoms with E-state index in [-0.39, 0.29) is 12.3 Å². The van der Waals surface area contributed by atoms with Gasteiger partial charge in [0.15, 0.2) is 6.10 Å². The van der Waals surface area contributed by atoms with Gasteiger partial charge in [-0.25, -0.2) is 4.79 Å². The fourth-order valence-corrected chi connectivity index (χ4v) is 3.03. The van der Waals surface area contributed by atoms with Gasteiger partial charge in [0.2, 0.25) is 5.91 Å². The van der Waals surface area contributed by atoms with E-state index in [4.69, 9.17) is 4.74 Å². The number of alkyl carbamates (subject to hydrolysis) is 1. The molecule has 8 nitrogen and oxygen atoms in total. The maximum atomic E-state index is 12.0. The number of amides is 3. The molecule has 3 amide bonds. The van der Waals surface area contributed by atoms with Gasteiger partial charge in [-0.3, -0.25) is 19.7 Å². The van der Waals surface area contributed by atoms with E-state index < -0.39 is 29.3 Å². The summed E-state index contributed by atoms with van der Waals surface area (Å²) in [6, 6.07) is 7.24. The van der Waals surface area contributed by atoms with Crippen LogP contribution in [0.5, 0.6) is 0 Å². The van der Waals surface area contributed by atoms with Crippen LogP contribution in [0.25, 0.3) is 0 Å². The van der Waals surface area contributed by atoms with Gasteiger partial charge in [0.05, 0.1) is 24.5 Å². The zero-order valence-electron chi connectivity index (χ0n) is 13.0. The summed E-state index contributed by atoms with van der Waals surface area (Å²) in [6.45, 7) is 1.32. The lowest BCUT2D eigenvalue weighted by Gasteiger charge is -2.23. The molecule has 24 heavy (non-hydrogen) atoms. The molecule has 0 bridgehead atoms. The van der Waals surface area contributed by atoms with E-state index in [9.17, 15) is 19.2 Å². The highest BCUT2D eigenvalue weighted by Gasteiger charge is 2.30. The molecule has 1 aliphatic rings. The normalized spacial score (nSPS) is 17.1. The van der Waals surface area contributed by atoms with Crippen molar-refractivity contribution in [3.8, 4) is 0 Å². The van der Waals surface area contributed by atoms with Crippen LogP contribution in [-0.4, -0.2) is 42.3 Å². The highest BCUT2D eigenvalue weighted by atomic mass is 32.2. The van der Waals surface area contributed by atoms with Gasteiger partial charge in [-0.05, 0) is 19.1 Å². The third-order valence-corrected chi connectivity index (χ3v) is 4.42. The van der Waals surface area contributed by atoms with E-state index in [2.05, 4.69) is 10.1 Å². The minimum absolute atomic E-state index is 0.194. The minimum Gasteiger partial charge on any atom is -0.453 e. The summed E-state index contributed by atoms with van der Waals surface area (Å²) in [4.78, 5) is 47.3. The van der Waals surface area contributed by atoms with Gasteiger partial charge in [-0.2, -0.15) is 0 Å². The molecule has 1 aromatic carbocycles. The van der Waals surface area contributed by atoms with Crippen LogP contribution in [0.4, 0.5) is 10.5 Å². The van der Waals surface area contributed by atoms with Crippen molar-refractivity contribution in [2.75, 3.05) is 12.4 Å². The van der Waals surface area contributed by atoms with Gasteiger partial charge in [-0.1, -0.05) is 12.1 Å². The van der Waals surface area contributed by atoms with Crippen LogP contribution in [0.2, 0.25) is 0 Å². The van der Waals surface area contributed by atoms with Gasteiger partial charge < -0.3 is 14.8 Å². The molecule has 0 spiro atoms.